The number of hydrogen-bond donors (Lipinski definition) is 0. The van der Waals surface area contributed by atoms with Crippen LogP contribution in [-0.4, -0.2) is 4.98 Å². The van der Waals surface area contributed by atoms with E-state index < -0.39 is 0 Å². The van der Waals surface area contributed by atoms with Gasteiger partial charge in [-0.05, 0) is 24.1 Å². The van der Waals surface area contributed by atoms with Gasteiger partial charge in [-0.25, -0.2) is 0 Å². The molecule has 0 spiro atoms. The van der Waals surface area contributed by atoms with E-state index in [-0.39, 0.29) is 0 Å². The lowest BCUT2D eigenvalue weighted by Crippen LogP contribution is -1.86. The van der Waals surface area contributed by atoms with Crippen molar-refractivity contribution >= 4 is 0 Å². The molecule has 0 fully saturated rings. The zero-order chi connectivity index (χ0) is 7.40. The van der Waals surface area contributed by atoms with E-state index in [4.69, 9.17) is 5.26 Å². The number of nitriles is 1. The van der Waals surface area contributed by atoms with Gasteiger partial charge < -0.3 is 0 Å². The summed E-state index contributed by atoms with van der Waals surface area (Å²) >= 11 is 0. The third-order valence-electron chi connectivity index (χ3n) is 1.41. The highest BCUT2D eigenvalue weighted by molar-refractivity contribution is 5.24. The minimum Gasteiger partial charge on any atom is -0.264 e. The summed E-state index contributed by atoms with van der Waals surface area (Å²) in [5, 5.41) is 8.37. The molecule has 0 saturated heterocycles. The Bertz CT molecular complexity index is 260. The monoisotopic (exact) mass is 132 g/mol. The van der Waals surface area contributed by atoms with Gasteiger partial charge in [-0.3, -0.25) is 4.98 Å². The first kappa shape index (κ1) is 6.76. The first-order valence-electron chi connectivity index (χ1n) is 3.11. The average Bonchev–Trinajstić information content (AvgIpc) is 1.94. The van der Waals surface area contributed by atoms with E-state index in [0.29, 0.717) is 6.42 Å². The van der Waals surface area contributed by atoms with Crippen LogP contribution in [0, 0.1) is 18.3 Å². The average molecular weight is 132 g/mol. The van der Waals surface area contributed by atoms with E-state index in [1.165, 1.54) is 0 Å². The molecule has 10 heavy (non-hydrogen) atoms. The van der Waals surface area contributed by atoms with Crippen LogP contribution in [-0.2, 0) is 6.42 Å². The molecule has 1 aromatic heterocycles. The standard InChI is InChI=1S/C8H8N2/c1-7-6-10-5-3-8(7)2-4-9/h3,5-6H,2H2,1H3. The minimum atomic E-state index is 0.481. The van der Waals surface area contributed by atoms with Crippen molar-refractivity contribution in [3.05, 3.63) is 29.6 Å². The molecule has 0 radical (unpaired) electrons. The molecular weight excluding hydrogens is 124 g/mol. The van der Waals surface area contributed by atoms with Crippen molar-refractivity contribution in [2.45, 2.75) is 13.3 Å². The molecule has 0 aromatic carbocycles. The van der Waals surface area contributed by atoms with Crippen LogP contribution < -0.4 is 0 Å². The normalized spacial score (nSPS) is 8.80. The number of aromatic nitrogens is 1. The van der Waals surface area contributed by atoms with Gasteiger partial charge in [-0.2, -0.15) is 5.26 Å². The maximum absolute atomic E-state index is 8.37. The van der Waals surface area contributed by atoms with Crippen LogP contribution in [0.25, 0.3) is 0 Å². The van der Waals surface area contributed by atoms with Crippen molar-refractivity contribution in [2.24, 2.45) is 0 Å². The maximum Gasteiger partial charge on any atom is 0.0669 e. The van der Waals surface area contributed by atoms with Crippen molar-refractivity contribution < 1.29 is 0 Å². The van der Waals surface area contributed by atoms with Gasteiger partial charge >= 0.3 is 0 Å². The summed E-state index contributed by atoms with van der Waals surface area (Å²) in [6.45, 7) is 1.96. The fraction of sp³-hybridized carbons (Fsp3) is 0.250. The number of rotatable bonds is 1. The molecule has 1 heterocycles. The molecule has 0 bridgehead atoms. The summed E-state index contributed by atoms with van der Waals surface area (Å²) in [5.41, 5.74) is 2.15. The molecule has 0 aliphatic rings. The summed E-state index contributed by atoms with van der Waals surface area (Å²) in [6.07, 6.45) is 3.96. The van der Waals surface area contributed by atoms with Crippen LogP contribution >= 0.6 is 0 Å². The van der Waals surface area contributed by atoms with Gasteiger partial charge in [0.15, 0.2) is 0 Å². The van der Waals surface area contributed by atoms with Crippen molar-refractivity contribution in [1.82, 2.24) is 4.98 Å². The molecule has 0 amide bonds. The lowest BCUT2D eigenvalue weighted by atomic mass is 10.1. The lowest BCUT2D eigenvalue weighted by molar-refractivity contribution is 1.16. The van der Waals surface area contributed by atoms with Crippen LogP contribution in [0.4, 0.5) is 0 Å². The van der Waals surface area contributed by atoms with E-state index in [0.717, 1.165) is 11.1 Å². The molecule has 0 unspecified atom stereocenters. The summed E-state index contributed by atoms with van der Waals surface area (Å²) in [5.74, 6) is 0. The highest BCUT2D eigenvalue weighted by atomic mass is 14.6. The van der Waals surface area contributed by atoms with Crippen molar-refractivity contribution in [1.29, 1.82) is 5.26 Å². The second-order valence-corrected chi connectivity index (χ2v) is 2.14. The topological polar surface area (TPSA) is 36.7 Å². The third-order valence-corrected chi connectivity index (χ3v) is 1.41. The zero-order valence-corrected chi connectivity index (χ0v) is 5.83. The highest BCUT2D eigenvalue weighted by Gasteiger charge is 1.93. The number of hydrogen-bond acceptors (Lipinski definition) is 2. The second-order valence-electron chi connectivity index (χ2n) is 2.14. The molecule has 0 aliphatic carbocycles. The van der Waals surface area contributed by atoms with Gasteiger partial charge in [0.05, 0.1) is 12.5 Å². The first-order valence-corrected chi connectivity index (χ1v) is 3.11. The lowest BCUT2D eigenvalue weighted by Gasteiger charge is -1.96. The fourth-order valence-corrected chi connectivity index (χ4v) is 0.786. The van der Waals surface area contributed by atoms with Gasteiger partial charge in [0.1, 0.15) is 0 Å². The Morgan fingerprint density at radius 1 is 1.70 bits per heavy atom. The largest absolute Gasteiger partial charge is 0.264 e. The first-order chi connectivity index (χ1) is 4.84. The minimum absolute atomic E-state index is 0.481. The van der Waals surface area contributed by atoms with Gasteiger partial charge in [0, 0.05) is 12.4 Å². The molecule has 2 heteroatoms. The quantitative estimate of drug-likeness (QED) is 0.580. The fourth-order valence-electron chi connectivity index (χ4n) is 0.786. The van der Waals surface area contributed by atoms with Crippen LogP contribution in [0.15, 0.2) is 18.5 Å². The van der Waals surface area contributed by atoms with E-state index in [1.54, 1.807) is 12.4 Å². The predicted molar refractivity (Wildman–Crippen MR) is 38.3 cm³/mol. The Morgan fingerprint density at radius 2 is 2.50 bits per heavy atom. The van der Waals surface area contributed by atoms with Crippen LogP contribution in [0.2, 0.25) is 0 Å². The summed E-state index contributed by atoms with van der Waals surface area (Å²) in [4.78, 5) is 3.92. The Labute approximate surface area is 60.1 Å². The van der Waals surface area contributed by atoms with Crippen LogP contribution in [0.3, 0.4) is 0 Å². The van der Waals surface area contributed by atoms with Crippen LogP contribution in [0.5, 0.6) is 0 Å². The molecule has 0 N–H and O–H groups in total. The number of pyridine rings is 1. The highest BCUT2D eigenvalue weighted by Crippen LogP contribution is 2.04. The van der Waals surface area contributed by atoms with Crippen LogP contribution in [0.1, 0.15) is 11.1 Å². The van der Waals surface area contributed by atoms with Gasteiger partial charge in [0.2, 0.25) is 0 Å². The van der Waals surface area contributed by atoms with Gasteiger partial charge in [-0.1, -0.05) is 0 Å². The van der Waals surface area contributed by atoms with Crippen molar-refractivity contribution in [2.75, 3.05) is 0 Å². The third kappa shape index (κ3) is 1.32. The Kier molecular flexibility index (Phi) is 2.01. The molecule has 50 valence electrons. The molecule has 1 rings (SSSR count). The van der Waals surface area contributed by atoms with E-state index >= 15 is 0 Å². The van der Waals surface area contributed by atoms with Gasteiger partial charge in [0.25, 0.3) is 0 Å². The maximum atomic E-state index is 8.37. The predicted octanol–water partition coefficient (Wildman–Crippen LogP) is 1.46. The Hall–Kier alpha value is -1.36. The zero-order valence-electron chi connectivity index (χ0n) is 5.83. The molecule has 0 saturated carbocycles. The molecular formula is C8H8N2. The second kappa shape index (κ2) is 2.98. The summed E-state index contributed by atoms with van der Waals surface area (Å²) in [7, 11) is 0. The van der Waals surface area contributed by atoms with Gasteiger partial charge in [-0.15, -0.1) is 0 Å². The molecule has 2 nitrogen and oxygen atoms in total. The van der Waals surface area contributed by atoms with Crippen molar-refractivity contribution in [3.8, 4) is 6.07 Å². The van der Waals surface area contributed by atoms with Crippen molar-refractivity contribution in [3.63, 3.8) is 0 Å². The molecule has 0 aliphatic heterocycles. The Morgan fingerprint density at radius 3 is 3.10 bits per heavy atom. The number of nitrogens with zero attached hydrogens (tertiary/aromatic N) is 2. The van der Waals surface area contributed by atoms with E-state index in [2.05, 4.69) is 11.1 Å². The Balaban J connectivity index is 2.94. The summed E-state index contributed by atoms with van der Waals surface area (Å²) < 4.78 is 0. The molecule has 0 atom stereocenters. The smallest absolute Gasteiger partial charge is 0.0669 e. The molecule has 1 aromatic rings. The number of aryl methyl sites for hydroxylation is 1. The SMILES string of the molecule is Cc1cnccc1CC#N. The summed E-state index contributed by atoms with van der Waals surface area (Å²) in [6, 6.07) is 3.97. The van der Waals surface area contributed by atoms with E-state index in [1.807, 2.05) is 13.0 Å². The van der Waals surface area contributed by atoms with E-state index in [9.17, 15) is 0 Å².